The van der Waals surface area contributed by atoms with Gasteiger partial charge in [-0.25, -0.2) is 4.79 Å². The van der Waals surface area contributed by atoms with Crippen LogP contribution in [0.15, 0.2) is 30.3 Å². The van der Waals surface area contributed by atoms with Gasteiger partial charge in [0.15, 0.2) is 0 Å². The normalized spacial score (nSPS) is 23.9. The quantitative estimate of drug-likeness (QED) is 0.790. The maximum absolute atomic E-state index is 12.9. The van der Waals surface area contributed by atoms with E-state index < -0.39 is 11.6 Å². The van der Waals surface area contributed by atoms with Gasteiger partial charge >= 0.3 is 6.03 Å². The molecule has 4 amide bonds. The molecule has 2 aliphatic rings. The van der Waals surface area contributed by atoms with Crippen LogP contribution in [0.5, 0.6) is 0 Å². The molecule has 1 N–H and O–H groups in total. The van der Waals surface area contributed by atoms with Gasteiger partial charge in [0.25, 0.3) is 5.91 Å². The summed E-state index contributed by atoms with van der Waals surface area (Å²) in [5, 5.41) is 2.74. The van der Waals surface area contributed by atoms with Gasteiger partial charge in [-0.2, -0.15) is 0 Å². The first-order valence-corrected chi connectivity index (χ1v) is 9.51. The summed E-state index contributed by atoms with van der Waals surface area (Å²) in [5.74, 6) is 0.0272. The van der Waals surface area contributed by atoms with Gasteiger partial charge in [0, 0.05) is 32.7 Å². The van der Waals surface area contributed by atoms with Crippen molar-refractivity contribution in [3.05, 3.63) is 35.9 Å². The summed E-state index contributed by atoms with van der Waals surface area (Å²) in [7, 11) is 0. The largest absolute Gasteiger partial charge is 0.339 e. The maximum atomic E-state index is 12.9. The molecule has 3 rings (SSSR count). The van der Waals surface area contributed by atoms with E-state index in [4.69, 9.17) is 0 Å². The lowest BCUT2D eigenvalue weighted by atomic mass is 9.92. The average Bonchev–Trinajstić information content (AvgIpc) is 2.86. The molecule has 146 valence electrons. The second-order valence-corrected chi connectivity index (χ2v) is 7.89. The molecule has 2 heterocycles. The first kappa shape index (κ1) is 19.4. The fourth-order valence-corrected chi connectivity index (χ4v) is 3.74. The predicted molar refractivity (Wildman–Crippen MR) is 102 cm³/mol. The Morgan fingerprint density at radius 1 is 1.11 bits per heavy atom. The Hall–Kier alpha value is -2.41. The van der Waals surface area contributed by atoms with Gasteiger partial charge in [-0.15, -0.1) is 0 Å². The molecule has 2 fully saturated rings. The second kappa shape index (κ2) is 7.68. The number of hydrogen-bond acceptors (Lipinski definition) is 4. The van der Waals surface area contributed by atoms with E-state index in [1.54, 1.807) is 24.0 Å². The number of urea groups is 1. The van der Waals surface area contributed by atoms with Crippen molar-refractivity contribution < 1.29 is 14.4 Å². The molecule has 0 bridgehead atoms. The summed E-state index contributed by atoms with van der Waals surface area (Å²) >= 11 is 0. The zero-order valence-electron chi connectivity index (χ0n) is 16.3. The highest BCUT2D eigenvalue weighted by Gasteiger charge is 2.49. The summed E-state index contributed by atoms with van der Waals surface area (Å²) in [6, 6.07) is 8.59. The van der Waals surface area contributed by atoms with Crippen LogP contribution < -0.4 is 5.32 Å². The summed E-state index contributed by atoms with van der Waals surface area (Å²) in [6.45, 7) is 9.76. The van der Waals surface area contributed by atoms with Crippen molar-refractivity contribution in [3.8, 4) is 0 Å². The highest BCUT2D eigenvalue weighted by molar-refractivity contribution is 6.09. The Kier molecular flexibility index (Phi) is 5.51. The number of imide groups is 1. The lowest BCUT2D eigenvalue weighted by Gasteiger charge is -2.36. The fourth-order valence-electron chi connectivity index (χ4n) is 3.74. The van der Waals surface area contributed by atoms with E-state index in [9.17, 15) is 14.4 Å². The summed E-state index contributed by atoms with van der Waals surface area (Å²) in [5.41, 5.74) is -0.421. The number of benzene rings is 1. The van der Waals surface area contributed by atoms with Gasteiger partial charge < -0.3 is 10.2 Å². The van der Waals surface area contributed by atoms with Crippen molar-refractivity contribution in [3.63, 3.8) is 0 Å². The van der Waals surface area contributed by atoms with Gasteiger partial charge in [0.05, 0.1) is 0 Å². The van der Waals surface area contributed by atoms with Crippen molar-refractivity contribution in [1.29, 1.82) is 0 Å². The number of nitrogens with one attached hydrogen (secondary N) is 1. The van der Waals surface area contributed by atoms with Gasteiger partial charge in [0.2, 0.25) is 5.91 Å². The van der Waals surface area contributed by atoms with E-state index >= 15 is 0 Å². The van der Waals surface area contributed by atoms with Gasteiger partial charge in [-0.1, -0.05) is 44.2 Å². The van der Waals surface area contributed by atoms with Crippen LogP contribution in [-0.4, -0.2) is 71.8 Å². The molecule has 1 unspecified atom stereocenters. The summed E-state index contributed by atoms with van der Waals surface area (Å²) in [6.07, 6.45) is 0. The summed E-state index contributed by atoms with van der Waals surface area (Å²) < 4.78 is 0. The van der Waals surface area contributed by atoms with Crippen molar-refractivity contribution >= 4 is 17.8 Å². The van der Waals surface area contributed by atoms with Crippen LogP contribution >= 0.6 is 0 Å². The molecule has 27 heavy (non-hydrogen) atoms. The maximum Gasteiger partial charge on any atom is 0.325 e. The average molecular weight is 372 g/mol. The van der Waals surface area contributed by atoms with E-state index in [0.29, 0.717) is 24.6 Å². The van der Waals surface area contributed by atoms with Crippen molar-refractivity contribution in [1.82, 2.24) is 20.0 Å². The van der Waals surface area contributed by atoms with Crippen LogP contribution in [0.2, 0.25) is 0 Å². The second-order valence-electron chi connectivity index (χ2n) is 7.89. The molecular formula is C20H28N4O3. The Bertz CT molecular complexity index is 713. The number of carbonyl (C=O) groups is 3. The number of carbonyl (C=O) groups excluding carboxylic acids is 3. The number of hydrogen-bond donors (Lipinski definition) is 1. The van der Waals surface area contributed by atoms with Crippen LogP contribution in [0, 0.1) is 5.92 Å². The molecule has 1 atom stereocenters. The molecule has 7 heteroatoms. The topological polar surface area (TPSA) is 73.0 Å². The van der Waals surface area contributed by atoms with Crippen LogP contribution in [0.3, 0.4) is 0 Å². The molecule has 0 radical (unpaired) electrons. The Morgan fingerprint density at radius 3 is 2.33 bits per heavy atom. The minimum Gasteiger partial charge on any atom is -0.339 e. The summed E-state index contributed by atoms with van der Waals surface area (Å²) in [4.78, 5) is 43.1. The van der Waals surface area contributed by atoms with Crippen LogP contribution in [-0.2, 0) is 15.1 Å². The van der Waals surface area contributed by atoms with Gasteiger partial charge in [-0.3, -0.25) is 19.4 Å². The molecular weight excluding hydrogens is 344 g/mol. The number of piperazine rings is 1. The molecule has 0 spiro atoms. The molecule has 2 aliphatic heterocycles. The smallest absolute Gasteiger partial charge is 0.325 e. The van der Waals surface area contributed by atoms with E-state index in [0.717, 1.165) is 24.5 Å². The van der Waals surface area contributed by atoms with E-state index in [1.807, 2.05) is 18.2 Å². The van der Waals surface area contributed by atoms with Crippen molar-refractivity contribution in [2.75, 3.05) is 39.3 Å². The zero-order chi connectivity index (χ0) is 19.6. The molecule has 2 saturated heterocycles. The Morgan fingerprint density at radius 2 is 1.74 bits per heavy atom. The molecule has 0 saturated carbocycles. The van der Waals surface area contributed by atoms with E-state index in [1.165, 1.54) is 0 Å². The lowest BCUT2D eigenvalue weighted by molar-refractivity contribution is -0.139. The number of amides is 4. The molecule has 0 aliphatic carbocycles. The van der Waals surface area contributed by atoms with Gasteiger partial charge in [-0.05, 0) is 18.4 Å². The van der Waals surface area contributed by atoms with E-state index in [-0.39, 0.29) is 18.4 Å². The highest BCUT2D eigenvalue weighted by Crippen LogP contribution is 2.28. The molecule has 1 aromatic rings. The van der Waals surface area contributed by atoms with E-state index in [2.05, 4.69) is 24.1 Å². The third-order valence-electron chi connectivity index (χ3n) is 5.27. The number of nitrogens with zero attached hydrogens (tertiary/aromatic N) is 3. The third kappa shape index (κ3) is 3.98. The Balaban J connectivity index is 1.62. The van der Waals surface area contributed by atoms with Crippen LogP contribution in [0.1, 0.15) is 26.3 Å². The minimum absolute atomic E-state index is 0.181. The molecule has 1 aromatic carbocycles. The lowest BCUT2D eigenvalue weighted by Crippen LogP contribution is -2.52. The minimum atomic E-state index is -1.13. The monoisotopic (exact) mass is 372 g/mol. The fraction of sp³-hybridized carbons (Fsp3) is 0.550. The van der Waals surface area contributed by atoms with Crippen LogP contribution in [0.25, 0.3) is 0 Å². The highest BCUT2D eigenvalue weighted by atomic mass is 16.2. The molecule has 0 aromatic heterocycles. The Labute approximate surface area is 160 Å². The standard InChI is InChI=1S/C20H28N4O3/c1-15(2)13-22-9-11-23(12-10-22)17(25)14-24-18(26)20(3,21-19(24)27)16-7-5-4-6-8-16/h4-8,15H,9-14H2,1-3H3,(H,21,27). The third-order valence-corrected chi connectivity index (χ3v) is 5.27. The van der Waals surface area contributed by atoms with Crippen LogP contribution in [0.4, 0.5) is 4.79 Å². The van der Waals surface area contributed by atoms with Crippen molar-refractivity contribution in [2.24, 2.45) is 5.92 Å². The predicted octanol–water partition coefficient (Wildman–Crippen LogP) is 1.25. The number of rotatable bonds is 5. The first-order valence-electron chi connectivity index (χ1n) is 9.51. The van der Waals surface area contributed by atoms with Gasteiger partial charge in [0.1, 0.15) is 12.1 Å². The SMILES string of the molecule is CC(C)CN1CCN(C(=O)CN2C(=O)NC(C)(c3ccccc3)C2=O)CC1. The first-order chi connectivity index (χ1) is 12.8. The zero-order valence-corrected chi connectivity index (χ0v) is 16.3. The van der Waals surface area contributed by atoms with Crippen molar-refractivity contribution in [2.45, 2.75) is 26.3 Å². The molecule has 7 nitrogen and oxygen atoms in total.